The minimum absolute atomic E-state index is 0.350. The summed E-state index contributed by atoms with van der Waals surface area (Å²) in [7, 11) is 0. The SMILES string of the molecule is Nc1cc2cc(F)cnc2[nH]1. The van der Waals surface area contributed by atoms with Crippen molar-refractivity contribution >= 4 is 16.9 Å². The highest BCUT2D eigenvalue weighted by Crippen LogP contribution is 2.14. The van der Waals surface area contributed by atoms with E-state index in [1.54, 1.807) is 6.07 Å². The van der Waals surface area contributed by atoms with E-state index in [1.165, 1.54) is 6.07 Å². The van der Waals surface area contributed by atoms with Crippen LogP contribution in [0.5, 0.6) is 0 Å². The lowest BCUT2D eigenvalue weighted by molar-refractivity contribution is 0.624. The average Bonchev–Trinajstić information content (AvgIpc) is 2.27. The second-order valence-electron chi connectivity index (χ2n) is 2.32. The standard InChI is InChI=1S/C7H6FN3/c8-5-1-4-2-6(9)11-7(4)10-3-5/h1-3H,9H2,(H,10,11). The van der Waals surface area contributed by atoms with Crippen molar-refractivity contribution in [1.82, 2.24) is 9.97 Å². The molecule has 56 valence electrons. The number of nitrogen functional groups attached to an aromatic ring is 1. The summed E-state index contributed by atoms with van der Waals surface area (Å²) >= 11 is 0. The Morgan fingerprint density at radius 3 is 3.09 bits per heavy atom. The molecule has 0 radical (unpaired) electrons. The van der Waals surface area contributed by atoms with Gasteiger partial charge >= 0.3 is 0 Å². The third kappa shape index (κ3) is 0.920. The van der Waals surface area contributed by atoms with Crippen molar-refractivity contribution in [1.29, 1.82) is 0 Å². The molecule has 0 spiro atoms. The van der Waals surface area contributed by atoms with Gasteiger partial charge in [-0.05, 0) is 12.1 Å². The fourth-order valence-electron chi connectivity index (χ4n) is 1.01. The molecular formula is C7H6FN3. The van der Waals surface area contributed by atoms with Gasteiger partial charge in [0.25, 0.3) is 0 Å². The van der Waals surface area contributed by atoms with Gasteiger partial charge in [-0.1, -0.05) is 0 Å². The summed E-state index contributed by atoms with van der Waals surface area (Å²) in [6.07, 6.45) is 1.15. The number of hydrogen-bond acceptors (Lipinski definition) is 2. The van der Waals surface area contributed by atoms with Gasteiger partial charge in [0, 0.05) is 5.39 Å². The Labute approximate surface area is 62.0 Å². The number of nitrogens with one attached hydrogen (secondary N) is 1. The number of rotatable bonds is 0. The molecule has 0 aliphatic carbocycles. The highest BCUT2D eigenvalue weighted by Gasteiger charge is 1.99. The van der Waals surface area contributed by atoms with Gasteiger partial charge in [0.2, 0.25) is 0 Å². The molecule has 0 atom stereocenters. The Kier molecular flexibility index (Phi) is 1.09. The zero-order valence-corrected chi connectivity index (χ0v) is 5.63. The van der Waals surface area contributed by atoms with E-state index in [4.69, 9.17) is 5.73 Å². The van der Waals surface area contributed by atoms with Crippen LogP contribution in [0.2, 0.25) is 0 Å². The zero-order chi connectivity index (χ0) is 7.84. The number of halogens is 1. The third-order valence-electron chi connectivity index (χ3n) is 1.46. The van der Waals surface area contributed by atoms with Crippen LogP contribution in [-0.2, 0) is 0 Å². The second kappa shape index (κ2) is 1.95. The number of hydrogen-bond donors (Lipinski definition) is 2. The lowest BCUT2D eigenvalue weighted by atomic mass is 10.3. The van der Waals surface area contributed by atoms with Gasteiger partial charge in [0.1, 0.15) is 17.3 Å². The number of aromatic nitrogens is 2. The molecule has 2 aromatic heterocycles. The van der Waals surface area contributed by atoms with E-state index in [0.29, 0.717) is 16.9 Å². The summed E-state index contributed by atoms with van der Waals surface area (Å²) in [6.45, 7) is 0. The van der Waals surface area contributed by atoms with E-state index >= 15 is 0 Å². The Morgan fingerprint density at radius 1 is 1.45 bits per heavy atom. The molecule has 3 N–H and O–H groups in total. The average molecular weight is 151 g/mol. The Balaban J connectivity index is 2.82. The number of aromatic amines is 1. The van der Waals surface area contributed by atoms with E-state index in [0.717, 1.165) is 6.20 Å². The van der Waals surface area contributed by atoms with Crippen LogP contribution in [0.15, 0.2) is 18.3 Å². The van der Waals surface area contributed by atoms with Crippen LogP contribution in [0.3, 0.4) is 0 Å². The molecule has 0 aliphatic heterocycles. The molecule has 0 aliphatic rings. The maximum absolute atomic E-state index is 12.5. The molecule has 0 saturated carbocycles. The fraction of sp³-hybridized carbons (Fsp3) is 0. The fourth-order valence-corrected chi connectivity index (χ4v) is 1.01. The summed E-state index contributed by atoms with van der Waals surface area (Å²) in [4.78, 5) is 6.58. The van der Waals surface area contributed by atoms with Gasteiger partial charge in [-0.25, -0.2) is 9.37 Å². The van der Waals surface area contributed by atoms with Crippen molar-refractivity contribution in [2.75, 3.05) is 5.73 Å². The van der Waals surface area contributed by atoms with Crippen LogP contribution in [0, 0.1) is 5.82 Å². The summed E-state index contributed by atoms with van der Waals surface area (Å²) < 4.78 is 12.5. The van der Waals surface area contributed by atoms with E-state index in [2.05, 4.69) is 9.97 Å². The predicted octanol–water partition coefficient (Wildman–Crippen LogP) is 1.28. The molecule has 4 heteroatoms. The minimum Gasteiger partial charge on any atom is -0.385 e. The lowest BCUT2D eigenvalue weighted by Gasteiger charge is -1.86. The van der Waals surface area contributed by atoms with Crippen molar-refractivity contribution in [2.24, 2.45) is 0 Å². The monoisotopic (exact) mass is 151 g/mol. The predicted molar refractivity (Wildman–Crippen MR) is 40.5 cm³/mol. The summed E-state index contributed by atoms with van der Waals surface area (Å²) in [5.41, 5.74) is 6.04. The van der Waals surface area contributed by atoms with Crippen molar-refractivity contribution in [3.8, 4) is 0 Å². The maximum Gasteiger partial charge on any atom is 0.142 e. The maximum atomic E-state index is 12.5. The van der Waals surface area contributed by atoms with E-state index in [1.807, 2.05) is 0 Å². The van der Waals surface area contributed by atoms with Crippen LogP contribution in [0.1, 0.15) is 0 Å². The molecule has 3 nitrogen and oxygen atoms in total. The Morgan fingerprint density at radius 2 is 2.27 bits per heavy atom. The van der Waals surface area contributed by atoms with Crippen molar-refractivity contribution in [3.05, 3.63) is 24.1 Å². The molecule has 0 bridgehead atoms. The second-order valence-corrected chi connectivity index (χ2v) is 2.32. The Hall–Kier alpha value is -1.58. The first-order valence-electron chi connectivity index (χ1n) is 3.15. The first-order chi connectivity index (χ1) is 5.25. The largest absolute Gasteiger partial charge is 0.385 e. The highest BCUT2D eigenvalue weighted by atomic mass is 19.1. The number of fused-ring (bicyclic) bond motifs is 1. The molecule has 0 saturated heterocycles. The first-order valence-corrected chi connectivity index (χ1v) is 3.15. The molecular weight excluding hydrogens is 145 g/mol. The lowest BCUT2D eigenvalue weighted by Crippen LogP contribution is -1.82. The molecule has 0 aromatic carbocycles. The van der Waals surface area contributed by atoms with Crippen molar-refractivity contribution in [3.63, 3.8) is 0 Å². The van der Waals surface area contributed by atoms with Crippen LogP contribution in [0.25, 0.3) is 11.0 Å². The molecule has 2 heterocycles. The van der Waals surface area contributed by atoms with E-state index in [9.17, 15) is 4.39 Å². The Bertz CT molecular complexity index is 393. The van der Waals surface area contributed by atoms with Crippen LogP contribution >= 0.6 is 0 Å². The number of anilines is 1. The van der Waals surface area contributed by atoms with Gasteiger partial charge in [-0.2, -0.15) is 0 Å². The summed E-state index contributed by atoms with van der Waals surface area (Å²) in [5, 5.41) is 0.697. The quantitative estimate of drug-likeness (QED) is 0.596. The van der Waals surface area contributed by atoms with Gasteiger partial charge in [-0.15, -0.1) is 0 Å². The van der Waals surface area contributed by atoms with Crippen molar-refractivity contribution < 1.29 is 4.39 Å². The molecule has 2 aromatic rings. The van der Waals surface area contributed by atoms with Crippen LogP contribution in [0.4, 0.5) is 10.2 Å². The molecule has 0 unspecified atom stereocenters. The van der Waals surface area contributed by atoms with Crippen molar-refractivity contribution in [2.45, 2.75) is 0 Å². The van der Waals surface area contributed by atoms with Crippen LogP contribution in [-0.4, -0.2) is 9.97 Å². The molecule has 0 fully saturated rings. The summed E-state index contributed by atoms with van der Waals surface area (Å²) in [5.74, 6) is 0.148. The van der Waals surface area contributed by atoms with E-state index in [-0.39, 0.29) is 5.82 Å². The van der Waals surface area contributed by atoms with E-state index < -0.39 is 0 Å². The molecule has 11 heavy (non-hydrogen) atoms. The highest BCUT2D eigenvalue weighted by molar-refractivity contribution is 5.79. The van der Waals surface area contributed by atoms with Gasteiger partial charge in [0.15, 0.2) is 0 Å². The number of nitrogens with two attached hydrogens (primary N) is 1. The van der Waals surface area contributed by atoms with Gasteiger partial charge in [-0.3, -0.25) is 0 Å². The number of pyridine rings is 1. The third-order valence-corrected chi connectivity index (χ3v) is 1.46. The molecule has 0 amide bonds. The van der Waals surface area contributed by atoms with Gasteiger partial charge < -0.3 is 10.7 Å². The first kappa shape index (κ1) is 6.15. The number of H-pyrrole nitrogens is 1. The number of nitrogens with zero attached hydrogens (tertiary/aromatic N) is 1. The minimum atomic E-state index is -0.350. The summed E-state index contributed by atoms with van der Waals surface area (Å²) in [6, 6.07) is 3.03. The van der Waals surface area contributed by atoms with Gasteiger partial charge in [0.05, 0.1) is 6.20 Å². The zero-order valence-electron chi connectivity index (χ0n) is 5.63. The smallest absolute Gasteiger partial charge is 0.142 e. The molecule has 2 rings (SSSR count). The topological polar surface area (TPSA) is 54.7 Å². The van der Waals surface area contributed by atoms with Crippen LogP contribution < -0.4 is 5.73 Å². The normalized spacial score (nSPS) is 10.6.